The average Bonchev–Trinajstić information content (AvgIpc) is 2.32. The van der Waals surface area contributed by atoms with E-state index in [-0.39, 0.29) is 5.97 Å². The third kappa shape index (κ3) is 8.73. The molecule has 17 heavy (non-hydrogen) atoms. The van der Waals surface area contributed by atoms with Gasteiger partial charge in [0.2, 0.25) is 0 Å². The molecule has 0 aromatic heterocycles. The number of rotatable bonds is 0. The molecule has 2 heteroatoms. The van der Waals surface area contributed by atoms with Crippen LogP contribution in [0, 0.1) is 0 Å². The van der Waals surface area contributed by atoms with E-state index in [1.54, 1.807) is 0 Å². The zero-order valence-corrected chi connectivity index (χ0v) is 10.7. The van der Waals surface area contributed by atoms with Crippen molar-refractivity contribution in [1.82, 2.24) is 0 Å². The monoisotopic (exact) mass is 236 g/mol. The molecule has 2 nitrogen and oxygen atoms in total. The van der Waals surface area contributed by atoms with Crippen LogP contribution in [-0.2, 0) is 9.53 Å². The second-order valence-corrected chi connectivity index (χ2v) is 4.50. The van der Waals surface area contributed by atoms with E-state index in [1.807, 2.05) is 6.08 Å². The lowest BCUT2D eigenvalue weighted by Gasteiger charge is -2.03. The summed E-state index contributed by atoms with van der Waals surface area (Å²) in [5.41, 5.74) is 0. The predicted octanol–water partition coefficient (Wildman–Crippen LogP) is 4.17. The summed E-state index contributed by atoms with van der Waals surface area (Å²) < 4.78 is 5.14. The van der Waals surface area contributed by atoms with Crippen molar-refractivity contribution in [2.24, 2.45) is 0 Å². The Balaban J connectivity index is 2.26. The van der Waals surface area contributed by atoms with Crippen LogP contribution in [0.4, 0.5) is 0 Å². The molecule has 0 bridgehead atoms. The lowest BCUT2D eigenvalue weighted by Crippen LogP contribution is -2.04. The van der Waals surface area contributed by atoms with Crippen molar-refractivity contribution in [3.63, 3.8) is 0 Å². The van der Waals surface area contributed by atoms with Crippen molar-refractivity contribution in [1.29, 1.82) is 0 Å². The second-order valence-electron chi connectivity index (χ2n) is 4.50. The second kappa shape index (κ2) is 10.1. The number of ether oxygens (including phenoxy) is 1. The van der Waals surface area contributed by atoms with E-state index >= 15 is 0 Å². The van der Waals surface area contributed by atoms with Gasteiger partial charge in [-0.1, -0.05) is 43.6 Å². The largest absolute Gasteiger partial charge is 0.465 e. The molecule has 0 saturated carbocycles. The highest BCUT2D eigenvalue weighted by molar-refractivity contribution is 5.71. The van der Waals surface area contributed by atoms with E-state index in [9.17, 15) is 4.79 Å². The van der Waals surface area contributed by atoms with Crippen LogP contribution in [0.25, 0.3) is 0 Å². The highest BCUT2D eigenvalue weighted by Crippen LogP contribution is 2.07. The first kappa shape index (κ1) is 14.0. The van der Waals surface area contributed by atoms with Crippen LogP contribution in [0.1, 0.15) is 57.8 Å². The maximum Gasteiger partial charge on any atom is 0.309 e. The van der Waals surface area contributed by atoms with Crippen LogP contribution in [0.5, 0.6) is 0 Å². The van der Waals surface area contributed by atoms with Gasteiger partial charge in [0, 0.05) is 0 Å². The van der Waals surface area contributed by atoms with Gasteiger partial charge in [-0.15, -0.1) is 0 Å². The summed E-state index contributed by atoms with van der Waals surface area (Å²) in [7, 11) is 0. The number of esters is 1. The molecule has 1 heterocycles. The maximum absolute atomic E-state index is 11.3. The molecule has 0 aliphatic carbocycles. The summed E-state index contributed by atoms with van der Waals surface area (Å²) in [5, 5.41) is 0. The van der Waals surface area contributed by atoms with E-state index in [2.05, 4.69) is 18.2 Å². The van der Waals surface area contributed by atoms with Gasteiger partial charge in [-0.3, -0.25) is 4.79 Å². The van der Waals surface area contributed by atoms with E-state index in [0.717, 1.165) is 19.3 Å². The number of hydrogen-bond donors (Lipinski definition) is 0. The molecule has 0 unspecified atom stereocenters. The van der Waals surface area contributed by atoms with Crippen molar-refractivity contribution in [2.75, 3.05) is 6.61 Å². The first-order valence-electron chi connectivity index (χ1n) is 6.85. The van der Waals surface area contributed by atoms with Crippen LogP contribution in [0.15, 0.2) is 24.3 Å². The Morgan fingerprint density at radius 3 is 2.29 bits per heavy atom. The van der Waals surface area contributed by atoms with Crippen LogP contribution in [0.3, 0.4) is 0 Å². The van der Waals surface area contributed by atoms with Crippen LogP contribution >= 0.6 is 0 Å². The molecular weight excluding hydrogens is 212 g/mol. The van der Waals surface area contributed by atoms with Gasteiger partial charge in [0.05, 0.1) is 13.0 Å². The summed E-state index contributed by atoms with van der Waals surface area (Å²) in [4.78, 5) is 11.3. The molecule has 0 radical (unpaired) electrons. The fourth-order valence-electron chi connectivity index (χ4n) is 1.87. The fourth-order valence-corrected chi connectivity index (χ4v) is 1.87. The molecule has 0 spiro atoms. The standard InChI is InChI=1S/C15H24O2/c16-15-13-11-9-7-5-3-1-2-4-6-8-10-12-14-17-15/h1,3,9,11H,2,4-8,10,12-14H2/b3-1-,11-9-. The Labute approximate surface area is 105 Å². The number of carbonyl (C=O) groups excluding carboxylic acids is 1. The van der Waals surface area contributed by atoms with Gasteiger partial charge in [-0.25, -0.2) is 0 Å². The lowest BCUT2D eigenvalue weighted by atomic mass is 10.1. The van der Waals surface area contributed by atoms with Gasteiger partial charge in [-0.2, -0.15) is 0 Å². The quantitative estimate of drug-likeness (QED) is 0.466. The first-order chi connectivity index (χ1) is 8.39. The minimum absolute atomic E-state index is 0.0936. The Bertz CT molecular complexity index is 254. The third-order valence-electron chi connectivity index (χ3n) is 2.90. The summed E-state index contributed by atoms with van der Waals surface area (Å²) in [6, 6.07) is 0. The van der Waals surface area contributed by atoms with Crippen LogP contribution in [0.2, 0.25) is 0 Å². The molecule has 0 aromatic rings. The van der Waals surface area contributed by atoms with Gasteiger partial charge in [0.15, 0.2) is 0 Å². The Morgan fingerprint density at radius 2 is 1.41 bits per heavy atom. The minimum atomic E-state index is -0.0936. The molecule has 0 atom stereocenters. The summed E-state index contributed by atoms with van der Waals surface area (Å²) >= 11 is 0. The maximum atomic E-state index is 11.3. The third-order valence-corrected chi connectivity index (χ3v) is 2.90. The smallest absolute Gasteiger partial charge is 0.309 e. The van der Waals surface area contributed by atoms with Crippen molar-refractivity contribution in [2.45, 2.75) is 57.8 Å². The zero-order valence-electron chi connectivity index (χ0n) is 10.7. The van der Waals surface area contributed by atoms with Crippen molar-refractivity contribution in [3.8, 4) is 0 Å². The van der Waals surface area contributed by atoms with Crippen molar-refractivity contribution < 1.29 is 9.53 Å². The average molecular weight is 236 g/mol. The molecule has 0 fully saturated rings. The number of allylic oxidation sites excluding steroid dienone is 3. The molecule has 0 aromatic carbocycles. The SMILES string of the molecule is O=C1C/C=C\CC/C=C\CCCCCCCO1. The fraction of sp³-hybridized carbons (Fsp3) is 0.667. The molecule has 1 aliphatic heterocycles. The Morgan fingerprint density at radius 1 is 0.765 bits per heavy atom. The van der Waals surface area contributed by atoms with Gasteiger partial charge in [-0.05, 0) is 32.1 Å². The van der Waals surface area contributed by atoms with Gasteiger partial charge >= 0.3 is 5.97 Å². The molecule has 1 rings (SSSR count). The van der Waals surface area contributed by atoms with E-state index in [4.69, 9.17) is 4.74 Å². The Hall–Kier alpha value is -1.05. The van der Waals surface area contributed by atoms with Crippen LogP contribution < -0.4 is 0 Å². The topological polar surface area (TPSA) is 26.3 Å². The molecule has 1 aliphatic rings. The molecule has 0 saturated heterocycles. The zero-order chi connectivity index (χ0) is 12.2. The summed E-state index contributed by atoms with van der Waals surface area (Å²) in [6.45, 7) is 0.590. The first-order valence-corrected chi connectivity index (χ1v) is 6.85. The summed E-state index contributed by atoms with van der Waals surface area (Å²) in [6.07, 6.45) is 18.2. The van der Waals surface area contributed by atoms with Gasteiger partial charge in [0.1, 0.15) is 0 Å². The normalized spacial score (nSPS) is 24.8. The van der Waals surface area contributed by atoms with E-state index < -0.39 is 0 Å². The van der Waals surface area contributed by atoms with Gasteiger partial charge < -0.3 is 4.74 Å². The van der Waals surface area contributed by atoms with Crippen LogP contribution in [-0.4, -0.2) is 12.6 Å². The molecular formula is C15H24O2. The minimum Gasteiger partial charge on any atom is -0.465 e. The predicted molar refractivity (Wildman–Crippen MR) is 70.8 cm³/mol. The van der Waals surface area contributed by atoms with E-state index in [1.165, 1.54) is 32.1 Å². The summed E-state index contributed by atoms with van der Waals surface area (Å²) in [5.74, 6) is -0.0936. The lowest BCUT2D eigenvalue weighted by molar-refractivity contribution is -0.142. The van der Waals surface area contributed by atoms with E-state index in [0.29, 0.717) is 13.0 Å². The number of cyclic esters (lactones) is 1. The Kier molecular flexibility index (Phi) is 8.35. The molecule has 0 amide bonds. The van der Waals surface area contributed by atoms with Gasteiger partial charge in [0.25, 0.3) is 0 Å². The molecule has 96 valence electrons. The molecule has 0 N–H and O–H groups in total. The highest BCUT2D eigenvalue weighted by atomic mass is 16.5. The highest BCUT2D eigenvalue weighted by Gasteiger charge is 1.99. The van der Waals surface area contributed by atoms with Crippen molar-refractivity contribution in [3.05, 3.63) is 24.3 Å². The number of hydrogen-bond acceptors (Lipinski definition) is 2. The van der Waals surface area contributed by atoms with Crippen molar-refractivity contribution >= 4 is 5.97 Å². The number of carbonyl (C=O) groups is 1.